The molecule has 0 aliphatic rings. The highest BCUT2D eigenvalue weighted by molar-refractivity contribution is 7.89. The van der Waals surface area contributed by atoms with E-state index in [1.165, 1.54) is 0 Å². The predicted octanol–water partition coefficient (Wildman–Crippen LogP) is -0.254. The Morgan fingerprint density at radius 3 is 2.23 bits per heavy atom. The molecule has 0 aliphatic carbocycles. The van der Waals surface area contributed by atoms with Crippen LogP contribution in [0.15, 0.2) is 42.5 Å². The fourth-order valence-corrected chi connectivity index (χ4v) is 3.79. The first-order valence-electron chi connectivity index (χ1n) is 10.7. The Labute approximate surface area is 203 Å². The summed E-state index contributed by atoms with van der Waals surface area (Å²) in [6.45, 7) is 3.32. The van der Waals surface area contributed by atoms with Crippen molar-refractivity contribution in [1.82, 2.24) is 20.7 Å². The quantitative estimate of drug-likeness (QED) is 0.255. The van der Waals surface area contributed by atoms with Crippen molar-refractivity contribution in [3.63, 3.8) is 0 Å². The van der Waals surface area contributed by atoms with Crippen LogP contribution in [-0.4, -0.2) is 56.7 Å². The molecule has 0 saturated carbocycles. The highest BCUT2D eigenvalue weighted by Crippen LogP contribution is 2.18. The average Bonchev–Trinajstić information content (AvgIpc) is 2.78. The van der Waals surface area contributed by atoms with Crippen molar-refractivity contribution in [2.45, 2.75) is 38.9 Å². The predicted molar refractivity (Wildman–Crippen MR) is 128 cm³/mol. The molecule has 2 aromatic carbocycles. The van der Waals surface area contributed by atoms with Crippen LogP contribution in [0.4, 0.5) is 0 Å². The van der Waals surface area contributed by atoms with E-state index in [-0.39, 0.29) is 12.8 Å². The summed E-state index contributed by atoms with van der Waals surface area (Å²) in [5.74, 6) is -4.25. The largest absolute Gasteiger partial charge is 0.344 e. The van der Waals surface area contributed by atoms with Gasteiger partial charge in [-0.3, -0.25) is 23.9 Å². The normalized spacial score (nSPS) is 12.9. The Kier molecular flexibility index (Phi) is 9.46. The number of carbonyl (C=O) groups is 5. The van der Waals surface area contributed by atoms with Crippen LogP contribution in [0.25, 0.3) is 10.8 Å². The Balaban J connectivity index is 1.98. The Hall–Kier alpha value is -3.80. The first-order valence-corrected chi connectivity index (χ1v) is 12.6. The van der Waals surface area contributed by atoms with E-state index in [4.69, 9.17) is 0 Å². The van der Waals surface area contributed by atoms with Crippen LogP contribution >= 0.6 is 0 Å². The van der Waals surface area contributed by atoms with Crippen LogP contribution in [0.1, 0.15) is 25.8 Å². The molecule has 0 fully saturated rings. The van der Waals surface area contributed by atoms with Gasteiger partial charge in [-0.05, 0) is 22.3 Å². The van der Waals surface area contributed by atoms with Crippen LogP contribution in [0.2, 0.25) is 0 Å². The molecule has 12 heteroatoms. The number of carbonyl (C=O) groups excluding carboxylic acids is 5. The number of hydrogen-bond donors (Lipinski definition) is 4. The molecule has 0 aliphatic heterocycles. The third-order valence-electron chi connectivity index (χ3n) is 4.96. The highest BCUT2D eigenvalue weighted by atomic mass is 32.2. The van der Waals surface area contributed by atoms with Gasteiger partial charge in [0, 0.05) is 6.54 Å². The first kappa shape index (κ1) is 27.4. The second-order valence-electron chi connectivity index (χ2n) is 8.27. The number of sulfonamides is 1. The number of amides is 4. The zero-order valence-electron chi connectivity index (χ0n) is 19.5. The SMILES string of the molecule is CC(C)C(NC(=O)C(=O)NCc1cccc2ccccc12)C(=O)NC(C=O)CC(=O)NS(C)(=O)=O. The molecular weight excluding hydrogens is 476 g/mol. The first-order chi connectivity index (χ1) is 16.4. The zero-order valence-corrected chi connectivity index (χ0v) is 20.3. The van der Waals surface area contributed by atoms with E-state index in [1.54, 1.807) is 18.6 Å². The number of nitrogens with one attached hydrogen (secondary N) is 4. The molecule has 11 nitrogen and oxygen atoms in total. The van der Waals surface area contributed by atoms with Crippen molar-refractivity contribution in [2.24, 2.45) is 5.92 Å². The summed E-state index contributed by atoms with van der Waals surface area (Å²) in [6, 6.07) is 10.6. The molecule has 4 N–H and O–H groups in total. The van der Waals surface area contributed by atoms with E-state index in [1.807, 2.05) is 42.5 Å². The van der Waals surface area contributed by atoms with Gasteiger partial charge >= 0.3 is 11.8 Å². The third-order valence-corrected chi connectivity index (χ3v) is 5.56. The van der Waals surface area contributed by atoms with Crippen molar-refractivity contribution in [1.29, 1.82) is 0 Å². The molecule has 4 amide bonds. The van der Waals surface area contributed by atoms with Gasteiger partial charge in [0.2, 0.25) is 21.8 Å². The standard InChI is InChI=1S/C23H28N4O7S/c1-14(2)20(21(30)25-17(13-28)11-19(29)27-35(3,33)34)26-23(32)22(31)24-12-16-9-6-8-15-7-4-5-10-18(15)16/h4-10,13-14,17,20H,11-12H2,1-3H3,(H,24,31)(H,25,30)(H,26,32)(H,27,29). The molecule has 35 heavy (non-hydrogen) atoms. The summed E-state index contributed by atoms with van der Waals surface area (Å²) >= 11 is 0. The number of benzene rings is 2. The molecule has 2 aromatic rings. The van der Waals surface area contributed by atoms with Gasteiger partial charge < -0.3 is 20.7 Å². The number of aldehydes is 1. The summed E-state index contributed by atoms with van der Waals surface area (Å²) in [6.07, 6.45) is 0.428. The van der Waals surface area contributed by atoms with Crippen LogP contribution in [-0.2, 0) is 40.5 Å². The van der Waals surface area contributed by atoms with E-state index in [0.717, 1.165) is 22.6 Å². The maximum absolute atomic E-state index is 12.6. The minimum atomic E-state index is -3.83. The summed E-state index contributed by atoms with van der Waals surface area (Å²) in [4.78, 5) is 60.5. The molecule has 0 bridgehead atoms. The lowest BCUT2D eigenvalue weighted by Gasteiger charge is -2.23. The van der Waals surface area contributed by atoms with Gasteiger partial charge in [0.25, 0.3) is 0 Å². The van der Waals surface area contributed by atoms with Gasteiger partial charge in [-0.15, -0.1) is 0 Å². The van der Waals surface area contributed by atoms with E-state index >= 15 is 0 Å². The van der Waals surface area contributed by atoms with E-state index in [2.05, 4.69) is 16.0 Å². The van der Waals surface area contributed by atoms with E-state index in [9.17, 15) is 32.4 Å². The molecule has 188 valence electrons. The van der Waals surface area contributed by atoms with Gasteiger partial charge in [-0.1, -0.05) is 56.3 Å². The van der Waals surface area contributed by atoms with Crippen LogP contribution < -0.4 is 20.7 Å². The Morgan fingerprint density at radius 1 is 0.943 bits per heavy atom. The maximum atomic E-state index is 12.6. The minimum absolute atomic E-state index is 0.0921. The number of fused-ring (bicyclic) bond motifs is 1. The second-order valence-corrected chi connectivity index (χ2v) is 10.0. The van der Waals surface area contributed by atoms with Gasteiger partial charge in [-0.25, -0.2) is 8.42 Å². The van der Waals surface area contributed by atoms with Gasteiger partial charge in [0.15, 0.2) is 0 Å². The van der Waals surface area contributed by atoms with Gasteiger partial charge in [-0.2, -0.15) is 0 Å². The highest BCUT2D eigenvalue weighted by Gasteiger charge is 2.29. The van der Waals surface area contributed by atoms with Crippen molar-refractivity contribution < 1.29 is 32.4 Å². The molecule has 2 unspecified atom stereocenters. The van der Waals surface area contributed by atoms with Gasteiger partial charge in [0.1, 0.15) is 12.3 Å². The minimum Gasteiger partial charge on any atom is -0.344 e. The fourth-order valence-electron chi connectivity index (χ4n) is 3.30. The van der Waals surface area contributed by atoms with Crippen molar-refractivity contribution in [2.75, 3.05) is 6.26 Å². The van der Waals surface area contributed by atoms with Gasteiger partial charge in [0.05, 0.1) is 18.7 Å². The molecule has 0 spiro atoms. The molecule has 0 saturated heterocycles. The Morgan fingerprint density at radius 2 is 1.60 bits per heavy atom. The van der Waals surface area contributed by atoms with Crippen molar-refractivity contribution in [3.05, 3.63) is 48.0 Å². The molecule has 2 atom stereocenters. The summed E-state index contributed by atoms with van der Waals surface area (Å²) in [7, 11) is -3.83. The second kappa shape index (κ2) is 12.1. The Bertz CT molecular complexity index is 1220. The topological polar surface area (TPSA) is 168 Å². The lowest BCUT2D eigenvalue weighted by Crippen LogP contribution is -2.55. The van der Waals surface area contributed by atoms with Crippen molar-refractivity contribution in [3.8, 4) is 0 Å². The summed E-state index contributed by atoms with van der Waals surface area (Å²) in [5, 5.41) is 9.05. The smallest absolute Gasteiger partial charge is 0.309 e. The molecular formula is C23H28N4O7S. The number of hydrogen-bond acceptors (Lipinski definition) is 7. The fraction of sp³-hybridized carbons (Fsp3) is 0.348. The number of rotatable bonds is 10. The monoisotopic (exact) mass is 504 g/mol. The van der Waals surface area contributed by atoms with Crippen LogP contribution in [0.3, 0.4) is 0 Å². The maximum Gasteiger partial charge on any atom is 0.309 e. The van der Waals surface area contributed by atoms with E-state index < -0.39 is 58.1 Å². The van der Waals surface area contributed by atoms with Crippen LogP contribution in [0.5, 0.6) is 0 Å². The lowest BCUT2D eigenvalue weighted by molar-refractivity contribution is -0.141. The molecule has 0 aromatic heterocycles. The molecule has 0 radical (unpaired) electrons. The van der Waals surface area contributed by atoms with E-state index in [0.29, 0.717) is 0 Å². The molecule has 0 heterocycles. The zero-order chi connectivity index (χ0) is 26.2. The van der Waals surface area contributed by atoms with Crippen LogP contribution in [0, 0.1) is 5.92 Å². The summed E-state index contributed by atoms with van der Waals surface area (Å²) < 4.78 is 24.0. The molecule has 2 rings (SSSR count). The lowest BCUT2D eigenvalue weighted by atomic mass is 10.0. The third kappa shape index (κ3) is 8.49. The van der Waals surface area contributed by atoms with Crippen molar-refractivity contribution >= 4 is 50.7 Å². The summed E-state index contributed by atoms with van der Waals surface area (Å²) in [5.41, 5.74) is 0.809. The average molecular weight is 505 g/mol.